The summed E-state index contributed by atoms with van der Waals surface area (Å²) in [5.74, 6) is -0.877. The first kappa shape index (κ1) is 30.6. The third-order valence-electron chi connectivity index (χ3n) is 7.23. The lowest BCUT2D eigenvalue weighted by Crippen LogP contribution is -2.63. The molecule has 0 bridgehead atoms. The largest absolute Gasteiger partial charge is 0.464 e. The molecule has 0 radical (unpaired) electrons. The second-order valence-corrected chi connectivity index (χ2v) is 13.2. The van der Waals surface area contributed by atoms with Crippen molar-refractivity contribution in [3.63, 3.8) is 0 Å². The standard InChI is InChI=1S/C28H50N2O6/c1-10-11-22(31)34-15-14-30-27(6,7)18-21(19-28(30,8)9)36-24(33)13-12-23(32)35-20-16-25(2,3)29-26(4,5)17-20/h20-21,29H,10-19H2,1-9H3. The van der Waals surface area contributed by atoms with Gasteiger partial charge in [-0.2, -0.15) is 0 Å². The Hall–Kier alpha value is -1.67. The van der Waals surface area contributed by atoms with E-state index in [1.807, 2.05) is 6.92 Å². The predicted molar refractivity (Wildman–Crippen MR) is 139 cm³/mol. The number of esters is 3. The first-order valence-electron chi connectivity index (χ1n) is 13.6. The van der Waals surface area contributed by atoms with Gasteiger partial charge in [-0.15, -0.1) is 0 Å². The Balaban J connectivity index is 1.82. The number of carbonyl (C=O) groups is 3. The summed E-state index contributed by atoms with van der Waals surface area (Å²) < 4.78 is 16.9. The third-order valence-corrected chi connectivity index (χ3v) is 7.23. The normalized spacial score (nSPS) is 23.6. The molecule has 0 spiro atoms. The minimum atomic E-state index is -0.364. The van der Waals surface area contributed by atoms with Crippen molar-refractivity contribution in [2.24, 2.45) is 0 Å². The molecule has 208 valence electrons. The summed E-state index contributed by atoms with van der Waals surface area (Å²) in [6.07, 6.45) is 3.70. The van der Waals surface area contributed by atoms with Crippen LogP contribution in [-0.4, -0.2) is 70.3 Å². The zero-order chi connectivity index (χ0) is 27.4. The quantitative estimate of drug-likeness (QED) is 0.338. The fourth-order valence-corrected chi connectivity index (χ4v) is 6.45. The van der Waals surface area contributed by atoms with Crippen LogP contribution in [-0.2, 0) is 28.6 Å². The van der Waals surface area contributed by atoms with E-state index in [0.717, 1.165) is 19.3 Å². The average Bonchev–Trinajstić information content (AvgIpc) is 2.65. The molecule has 0 aromatic carbocycles. The van der Waals surface area contributed by atoms with Crippen LogP contribution in [0.2, 0.25) is 0 Å². The number of likely N-dealkylation sites (tertiary alicyclic amines) is 1. The second-order valence-electron chi connectivity index (χ2n) is 13.2. The lowest BCUT2D eigenvalue weighted by Gasteiger charge is -2.54. The van der Waals surface area contributed by atoms with E-state index in [1.165, 1.54) is 0 Å². The first-order valence-corrected chi connectivity index (χ1v) is 13.6. The molecule has 2 saturated heterocycles. The third kappa shape index (κ3) is 9.33. The molecule has 0 unspecified atom stereocenters. The molecular weight excluding hydrogens is 460 g/mol. The molecule has 1 N–H and O–H groups in total. The zero-order valence-electron chi connectivity index (χ0n) is 24.1. The Morgan fingerprint density at radius 1 is 0.722 bits per heavy atom. The van der Waals surface area contributed by atoms with Crippen molar-refractivity contribution in [2.75, 3.05) is 13.2 Å². The number of ether oxygens (including phenoxy) is 3. The Kier molecular flexibility index (Phi) is 10.0. The summed E-state index contributed by atoms with van der Waals surface area (Å²) in [5.41, 5.74) is -0.705. The molecule has 0 aliphatic carbocycles. The van der Waals surface area contributed by atoms with Crippen LogP contribution in [0.25, 0.3) is 0 Å². The monoisotopic (exact) mass is 510 g/mol. The maximum absolute atomic E-state index is 12.6. The highest BCUT2D eigenvalue weighted by Gasteiger charge is 2.46. The van der Waals surface area contributed by atoms with E-state index in [4.69, 9.17) is 14.2 Å². The smallest absolute Gasteiger partial charge is 0.306 e. The van der Waals surface area contributed by atoms with Crippen molar-refractivity contribution in [3.8, 4) is 0 Å². The van der Waals surface area contributed by atoms with Gasteiger partial charge in [0.25, 0.3) is 0 Å². The molecule has 0 amide bonds. The molecule has 0 aromatic rings. The molecule has 2 aliphatic rings. The predicted octanol–water partition coefficient (Wildman–Crippen LogP) is 4.53. The first-order chi connectivity index (χ1) is 16.4. The van der Waals surface area contributed by atoms with Gasteiger partial charge in [0.2, 0.25) is 0 Å². The van der Waals surface area contributed by atoms with Gasteiger partial charge in [0.05, 0.1) is 12.8 Å². The molecular formula is C28H50N2O6. The Morgan fingerprint density at radius 2 is 1.17 bits per heavy atom. The zero-order valence-corrected chi connectivity index (χ0v) is 24.1. The van der Waals surface area contributed by atoms with Crippen LogP contribution in [0, 0.1) is 0 Å². The van der Waals surface area contributed by atoms with Gasteiger partial charge in [0.1, 0.15) is 18.8 Å². The lowest BCUT2D eigenvalue weighted by molar-refractivity contribution is -0.166. The van der Waals surface area contributed by atoms with Crippen molar-refractivity contribution in [2.45, 2.75) is 148 Å². The van der Waals surface area contributed by atoms with Gasteiger partial charge >= 0.3 is 17.9 Å². The fraction of sp³-hybridized carbons (Fsp3) is 0.893. The SMILES string of the molecule is CCCC(=O)OCCN1C(C)(C)CC(OC(=O)CCC(=O)OC2CC(C)(C)NC(C)(C)C2)CC1(C)C. The fourth-order valence-electron chi connectivity index (χ4n) is 6.45. The van der Waals surface area contributed by atoms with Gasteiger partial charge in [-0.1, -0.05) is 6.92 Å². The van der Waals surface area contributed by atoms with Gasteiger partial charge in [-0.25, -0.2) is 0 Å². The average molecular weight is 511 g/mol. The summed E-state index contributed by atoms with van der Waals surface area (Å²) in [6, 6.07) is 0. The van der Waals surface area contributed by atoms with E-state index < -0.39 is 0 Å². The van der Waals surface area contributed by atoms with Crippen LogP contribution in [0.4, 0.5) is 0 Å². The number of nitrogens with zero attached hydrogens (tertiary/aromatic N) is 1. The van der Waals surface area contributed by atoms with E-state index in [1.54, 1.807) is 0 Å². The van der Waals surface area contributed by atoms with E-state index in [-0.39, 0.29) is 65.1 Å². The minimum Gasteiger partial charge on any atom is -0.464 e. The van der Waals surface area contributed by atoms with E-state index >= 15 is 0 Å². The molecule has 0 saturated carbocycles. The van der Waals surface area contributed by atoms with Crippen LogP contribution < -0.4 is 5.32 Å². The Labute approximate surface area is 218 Å². The van der Waals surface area contributed by atoms with Crippen LogP contribution in [0.15, 0.2) is 0 Å². The minimum absolute atomic E-state index is 0.0189. The highest BCUT2D eigenvalue weighted by atomic mass is 16.6. The van der Waals surface area contributed by atoms with Gasteiger partial charge in [-0.05, 0) is 61.8 Å². The number of rotatable bonds is 10. The van der Waals surface area contributed by atoms with E-state index in [0.29, 0.717) is 32.4 Å². The number of piperidine rings is 2. The molecule has 36 heavy (non-hydrogen) atoms. The summed E-state index contributed by atoms with van der Waals surface area (Å²) in [6.45, 7) is 19.9. The highest BCUT2D eigenvalue weighted by Crippen LogP contribution is 2.39. The summed E-state index contributed by atoms with van der Waals surface area (Å²) in [5, 5.41) is 3.58. The molecule has 0 atom stereocenters. The Bertz CT molecular complexity index is 755. The summed E-state index contributed by atoms with van der Waals surface area (Å²) in [7, 11) is 0. The number of hydrogen-bond acceptors (Lipinski definition) is 8. The maximum atomic E-state index is 12.6. The van der Waals surface area contributed by atoms with Crippen molar-refractivity contribution in [1.29, 1.82) is 0 Å². The van der Waals surface area contributed by atoms with Gasteiger partial charge in [0.15, 0.2) is 0 Å². The lowest BCUT2D eigenvalue weighted by atomic mass is 9.78. The molecule has 2 aliphatic heterocycles. The van der Waals surface area contributed by atoms with Gasteiger partial charge < -0.3 is 19.5 Å². The number of hydrogen-bond donors (Lipinski definition) is 1. The molecule has 2 fully saturated rings. The van der Waals surface area contributed by atoms with Crippen molar-refractivity contribution >= 4 is 17.9 Å². The van der Waals surface area contributed by atoms with Gasteiger partial charge in [0, 0.05) is 60.8 Å². The molecule has 8 nitrogen and oxygen atoms in total. The maximum Gasteiger partial charge on any atom is 0.306 e. The van der Waals surface area contributed by atoms with Crippen molar-refractivity contribution in [3.05, 3.63) is 0 Å². The van der Waals surface area contributed by atoms with Crippen molar-refractivity contribution < 1.29 is 28.6 Å². The molecule has 2 heterocycles. The Morgan fingerprint density at radius 3 is 1.61 bits per heavy atom. The van der Waals surface area contributed by atoms with Crippen LogP contribution in [0.5, 0.6) is 0 Å². The van der Waals surface area contributed by atoms with Crippen LogP contribution in [0.3, 0.4) is 0 Å². The second kappa shape index (κ2) is 11.8. The number of carbonyl (C=O) groups excluding carboxylic acids is 3. The number of nitrogens with one attached hydrogen (secondary N) is 1. The molecule has 8 heteroatoms. The topological polar surface area (TPSA) is 94.2 Å². The summed E-state index contributed by atoms with van der Waals surface area (Å²) >= 11 is 0. The van der Waals surface area contributed by atoms with E-state index in [9.17, 15) is 14.4 Å². The molecule has 2 rings (SSSR count). The van der Waals surface area contributed by atoms with Gasteiger partial charge in [-0.3, -0.25) is 19.3 Å². The molecule has 0 aromatic heterocycles. The van der Waals surface area contributed by atoms with Crippen LogP contribution in [0.1, 0.15) is 114 Å². The van der Waals surface area contributed by atoms with Crippen LogP contribution >= 0.6 is 0 Å². The van der Waals surface area contributed by atoms with E-state index in [2.05, 4.69) is 65.6 Å². The van der Waals surface area contributed by atoms with Crippen molar-refractivity contribution in [1.82, 2.24) is 10.2 Å². The summed E-state index contributed by atoms with van der Waals surface area (Å²) in [4.78, 5) is 39.2. The highest BCUT2D eigenvalue weighted by molar-refractivity contribution is 5.77.